The zero-order valence-corrected chi connectivity index (χ0v) is 10.4. The van der Waals surface area contributed by atoms with E-state index in [2.05, 4.69) is 5.32 Å². The molecule has 0 aliphatic heterocycles. The lowest BCUT2D eigenvalue weighted by Crippen LogP contribution is -2.21. The zero-order valence-electron chi connectivity index (χ0n) is 10.4. The minimum Gasteiger partial charge on any atom is -0.481 e. The van der Waals surface area contributed by atoms with Crippen LogP contribution in [-0.2, 0) is 4.79 Å². The van der Waals surface area contributed by atoms with Crippen LogP contribution in [-0.4, -0.2) is 12.5 Å². The smallest absolute Gasteiger partial charge is 0.262 e. The molecule has 6 heteroatoms. The Morgan fingerprint density at radius 2 is 1.95 bits per heavy atom. The summed E-state index contributed by atoms with van der Waals surface area (Å²) in [6, 6.07) is 9.33. The van der Waals surface area contributed by atoms with Gasteiger partial charge in [0.1, 0.15) is 17.4 Å². The highest BCUT2D eigenvalue weighted by Gasteiger charge is 2.09. The van der Waals surface area contributed by atoms with E-state index in [9.17, 15) is 13.6 Å². The van der Waals surface area contributed by atoms with Crippen LogP contribution in [0.4, 0.5) is 20.2 Å². The van der Waals surface area contributed by atoms with Gasteiger partial charge < -0.3 is 15.8 Å². The molecule has 104 valence electrons. The standard InChI is InChI=1S/C14H12F2N2O2/c15-9-5-6-11(17)13(7-9)20-8-14(19)18-12-4-2-1-3-10(12)16/h1-7H,8,17H2,(H,18,19). The number of nitrogens with two attached hydrogens (primary N) is 1. The zero-order chi connectivity index (χ0) is 14.5. The summed E-state index contributed by atoms with van der Waals surface area (Å²) in [7, 11) is 0. The molecular formula is C14H12F2N2O2. The van der Waals surface area contributed by atoms with Crippen LogP contribution in [0.5, 0.6) is 5.75 Å². The van der Waals surface area contributed by atoms with E-state index in [1.165, 1.54) is 30.3 Å². The molecule has 0 spiro atoms. The molecule has 1 amide bonds. The predicted octanol–water partition coefficient (Wildman–Crippen LogP) is 2.56. The maximum atomic E-state index is 13.3. The van der Waals surface area contributed by atoms with Crippen molar-refractivity contribution < 1.29 is 18.3 Å². The summed E-state index contributed by atoms with van der Waals surface area (Å²) in [5.74, 6) is -1.58. The topological polar surface area (TPSA) is 64.3 Å². The summed E-state index contributed by atoms with van der Waals surface area (Å²) in [6.45, 7) is -0.401. The number of hydrogen-bond donors (Lipinski definition) is 2. The monoisotopic (exact) mass is 278 g/mol. The number of amides is 1. The summed E-state index contributed by atoms with van der Waals surface area (Å²) >= 11 is 0. The van der Waals surface area contributed by atoms with Crippen LogP contribution in [0.2, 0.25) is 0 Å². The Labute approximate surface area is 114 Å². The van der Waals surface area contributed by atoms with Crippen LogP contribution >= 0.6 is 0 Å². The fraction of sp³-hybridized carbons (Fsp3) is 0.0714. The van der Waals surface area contributed by atoms with Gasteiger partial charge in [-0.25, -0.2) is 8.78 Å². The SMILES string of the molecule is Nc1ccc(F)cc1OCC(=O)Nc1ccccc1F. The number of halogens is 2. The lowest BCUT2D eigenvalue weighted by Gasteiger charge is -2.09. The minimum atomic E-state index is -0.571. The lowest BCUT2D eigenvalue weighted by atomic mass is 10.3. The first-order valence-electron chi connectivity index (χ1n) is 5.78. The summed E-state index contributed by atoms with van der Waals surface area (Å²) in [4.78, 5) is 11.6. The lowest BCUT2D eigenvalue weighted by molar-refractivity contribution is -0.118. The summed E-state index contributed by atoms with van der Waals surface area (Å²) in [5, 5.41) is 2.34. The van der Waals surface area contributed by atoms with Gasteiger partial charge in [0.2, 0.25) is 0 Å². The van der Waals surface area contributed by atoms with Gasteiger partial charge in [-0.05, 0) is 24.3 Å². The molecule has 0 radical (unpaired) electrons. The van der Waals surface area contributed by atoms with Crippen molar-refractivity contribution in [2.24, 2.45) is 0 Å². The van der Waals surface area contributed by atoms with Crippen LogP contribution < -0.4 is 15.8 Å². The number of nitrogen functional groups attached to an aromatic ring is 1. The Bertz CT molecular complexity index is 632. The Balaban J connectivity index is 1.96. The number of rotatable bonds is 4. The number of hydrogen-bond acceptors (Lipinski definition) is 3. The van der Waals surface area contributed by atoms with Crippen LogP contribution in [0, 0.1) is 11.6 Å². The van der Waals surface area contributed by atoms with Crippen LogP contribution in [0.1, 0.15) is 0 Å². The maximum Gasteiger partial charge on any atom is 0.262 e. The molecule has 20 heavy (non-hydrogen) atoms. The third kappa shape index (κ3) is 3.44. The Hall–Kier alpha value is -2.63. The number of para-hydroxylation sites is 1. The van der Waals surface area contributed by atoms with Gasteiger partial charge in [-0.2, -0.15) is 0 Å². The van der Waals surface area contributed by atoms with Crippen molar-refractivity contribution in [2.45, 2.75) is 0 Å². The van der Waals surface area contributed by atoms with Crippen molar-refractivity contribution in [1.29, 1.82) is 0 Å². The normalized spacial score (nSPS) is 10.1. The molecule has 0 aromatic heterocycles. The second kappa shape index (κ2) is 6.01. The number of nitrogens with one attached hydrogen (secondary N) is 1. The van der Waals surface area contributed by atoms with Gasteiger partial charge in [-0.3, -0.25) is 4.79 Å². The molecule has 0 saturated carbocycles. The molecule has 0 atom stereocenters. The van der Waals surface area contributed by atoms with E-state index in [1.54, 1.807) is 6.07 Å². The van der Waals surface area contributed by atoms with Crippen molar-refractivity contribution in [3.8, 4) is 5.75 Å². The molecule has 2 aromatic rings. The van der Waals surface area contributed by atoms with Gasteiger partial charge in [0.05, 0.1) is 11.4 Å². The molecule has 2 rings (SSSR count). The second-order valence-corrected chi connectivity index (χ2v) is 4.00. The van der Waals surface area contributed by atoms with Crippen LogP contribution in [0.15, 0.2) is 42.5 Å². The molecule has 2 aromatic carbocycles. The molecule has 0 bridgehead atoms. The first-order chi connectivity index (χ1) is 9.56. The fourth-order valence-electron chi connectivity index (χ4n) is 1.53. The molecule has 0 aliphatic rings. The number of carbonyl (C=O) groups excluding carboxylic acids is 1. The number of ether oxygens (including phenoxy) is 1. The van der Waals surface area contributed by atoms with Gasteiger partial charge in [0, 0.05) is 6.07 Å². The molecule has 0 fully saturated rings. The molecule has 0 unspecified atom stereocenters. The highest BCUT2D eigenvalue weighted by molar-refractivity contribution is 5.92. The summed E-state index contributed by atoms with van der Waals surface area (Å²) in [6.07, 6.45) is 0. The summed E-state index contributed by atoms with van der Waals surface area (Å²) in [5.41, 5.74) is 5.83. The van der Waals surface area contributed by atoms with Crippen molar-refractivity contribution in [3.63, 3.8) is 0 Å². The van der Waals surface area contributed by atoms with E-state index in [0.29, 0.717) is 0 Å². The highest BCUT2D eigenvalue weighted by Crippen LogP contribution is 2.22. The first-order valence-corrected chi connectivity index (χ1v) is 5.78. The summed E-state index contributed by atoms with van der Waals surface area (Å²) < 4.78 is 31.4. The van der Waals surface area contributed by atoms with Crippen molar-refractivity contribution in [1.82, 2.24) is 0 Å². The minimum absolute atomic E-state index is 0.0494. The van der Waals surface area contributed by atoms with Crippen molar-refractivity contribution in [2.75, 3.05) is 17.7 Å². The van der Waals surface area contributed by atoms with Crippen molar-refractivity contribution in [3.05, 3.63) is 54.1 Å². The number of carbonyl (C=O) groups is 1. The highest BCUT2D eigenvalue weighted by atomic mass is 19.1. The van der Waals surface area contributed by atoms with Gasteiger partial charge in [0.25, 0.3) is 5.91 Å². The predicted molar refractivity (Wildman–Crippen MR) is 71.3 cm³/mol. The molecule has 3 N–H and O–H groups in total. The van der Waals surface area contributed by atoms with Gasteiger partial charge in [-0.15, -0.1) is 0 Å². The largest absolute Gasteiger partial charge is 0.481 e. The van der Waals surface area contributed by atoms with Crippen LogP contribution in [0.25, 0.3) is 0 Å². The van der Waals surface area contributed by atoms with Gasteiger partial charge in [0.15, 0.2) is 6.61 Å². The van der Waals surface area contributed by atoms with E-state index >= 15 is 0 Å². The molecule has 0 saturated heterocycles. The maximum absolute atomic E-state index is 13.3. The fourth-order valence-corrected chi connectivity index (χ4v) is 1.53. The number of benzene rings is 2. The van der Waals surface area contributed by atoms with E-state index in [-0.39, 0.29) is 17.1 Å². The average molecular weight is 278 g/mol. The van der Waals surface area contributed by atoms with Gasteiger partial charge >= 0.3 is 0 Å². The third-order valence-corrected chi connectivity index (χ3v) is 2.48. The second-order valence-electron chi connectivity index (χ2n) is 4.00. The Kier molecular flexibility index (Phi) is 4.14. The average Bonchev–Trinajstić information content (AvgIpc) is 2.42. The van der Waals surface area contributed by atoms with Crippen molar-refractivity contribution >= 4 is 17.3 Å². The number of anilines is 2. The van der Waals surface area contributed by atoms with Crippen LogP contribution in [0.3, 0.4) is 0 Å². The Morgan fingerprint density at radius 1 is 1.20 bits per heavy atom. The first kappa shape index (κ1) is 13.8. The third-order valence-electron chi connectivity index (χ3n) is 2.48. The van der Waals surface area contributed by atoms with E-state index in [4.69, 9.17) is 10.5 Å². The van der Waals surface area contributed by atoms with Gasteiger partial charge in [-0.1, -0.05) is 12.1 Å². The Morgan fingerprint density at radius 3 is 2.70 bits per heavy atom. The van der Waals surface area contributed by atoms with E-state index in [1.807, 2.05) is 0 Å². The molecule has 4 nitrogen and oxygen atoms in total. The molecule has 0 aliphatic carbocycles. The molecular weight excluding hydrogens is 266 g/mol. The van der Waals surface area contributed by atoms with E-state index < -0.39 is 24.1 Å². The quantitative estimate of drug-likeness (QED) is 0.845. The molecule has 0 heterocycles. The van der Waals surface area contributed by atoms with E-state index in [0.717, 1.165) is 6.07 Å².